The minimum absolute atomic E-state index is 0.0240. The molecule has 0 aliphatic carbocycles. The second-order valence-electron chi connectivity index (χ2n) is 10.4. The van der Waals surface area contributed by atoms with E-state index in [0.29, 0.717) is 18.1 Å². The fourth-order valence-electron chi connectivity index (χ4n) is 3.87. The van der Waals surface area contributed by atoms with E-state index in [1.165, 1.54) is 16.7 Å². The van der Waals surface area contributed by atoms with Gasteiger partial charge in [-0.25, -0.2) is 0 Å². The average Bonchev–Trinajstić information content (AvgIpc) is 2.74. The summed E-state index contributed by atoms with van der Waals surface area (Å²) in [4.78, 5) is 21.7. The van der Waals surface area contributed by atoms with Gasteiger partial charge in [0.25, 0.3) is 0 Å². The van der Waals surface area contributed by atoms with Crippen molar-refractivity contribution in [2.45, 2.75) is 97.5 Å². The molecule has 0 amide bonds. The number of benzene rings is 2. The molecule has 2 aromatic carbocycles. The molecule has 0 aliphatic heterocycles. The van der Waals surface area contributed by atoms with Crippen LogP contribution in [0.5, 0.6) is 0 Å². The third-order valence-corrected chi connectivity index (χ3v) is 9.10. The Bertz CT molecular complexity index is 858. The summed E-state index contributed by atoms with van der Waals surface area (Å²) in [6, 6.07) is 15.8. The fraction of sp³-hybridized carbons (Fsp3) is 0.556. The van der Waals surface area contributed by atoms with Crippen LogP contribution in [0.2, 0.25) is 0 Å². The Labute approximate surface area is 190 Å². The van der Waals surface area contributed by atoms with Gasteiger partial charge in [0.1, 0.15) is 0 Å². The van der Waals surface area contributed by atoms with Gasteiger partial charge in [-0.1, -0.05) is 0 Å². The van der Waals surface area contributed by atoms with Crippen LogP contribution in [0.4, 0.5) is 0 Å². The molecule has 0 fully saturated rings. The maximum absolute atomic E-state index is 10.9. The molecule has 1 atom stereocenters. The van der Waals surface area contributed by atoms with E-state index in [9.17, 15) is 9.79 Å². The molecule has 2 aromatic rings. The molecule has 2 N–H and O–H groups in total. The van der Waals surface area contributed by atoms with Crippen LogP contribution in [-0.4, -0.2) is 15.4 Å². The third kappa shape index (κ3) is 6.17. The van der Waals surface area contributed by atoms with E-state index in [1.54, 1.807) is 12.1 Å². The normalized spacial score (nSPS) is 15.5. The van der Waals surface area contributed by atoms with Crippen molar-refractivity contribution in [2.75, 3.05) is 0 Å². The van der Waals surface area contributed by atoms with Crippen LogP contribution in [0.25, 0.3) is 0 Å². The van der Waals surface area contributed by atoms with Crippen LogP contribution in [0.1, 0.15) is 91.3 Å². The van der Waals surface area contributed by atoms with Crippen molar-refractivity contribution in [2.24, 2.45) is 0 Å². The van der Waals surface area contributed by atoms with Crippen LogP contribution < -0.4 is 5.30 Å². The van der Waals surface area contributed by atoms with E-state index in [1.807, 2.05) is 25.1 Å². The molecule has 31 heavy (non-hydrogen) atoms. The van der Waals surface area contributed by atoms with Crippen molar-refractivity contribution in [3.8, 4) is 0 Å². The molecule has 2 rings (SSSR count). The summed E-state index contributed by atoms with van der Waals surface area (Å²) < 4.78 is 6.13. The predicted octanol–water partition coefficient (Wildman–Crippen LogP) is 6.59. The molecule has 3 nitrogen and oxygen atoms in total. The summed E-state index contributed by atoms with van der Waals surface area (Å²) in [6.45, 7) is 17.7. The van der Waals surface area contributed by atoms with Gasteiger partial charge in [-0.05, 0) is 0 Å². The van der Waals surface area contributed by atoms with Crippen molar-refractivity contribution in [3.05, 3.63) is 65.2 Å². The average molecular weight is 447 g/mol. The van der Waals surface area contributed by atoms with Gasteiger partial charge in [-0.15, -0.1) is 0 Å². The first kappa shape index (κ1) is 26.0. The first-order valence-corrected chi connectivity index (χ1v) is 13.4. The molecule has 4 heteroatoms. The van der Waals surface area contributed by atoms with Crippen molar-refractivity contribution in [1.82, 2.24) is 0 Å². The van der Waals surface area contributed by atoms with E-state index in [2.05, 4.69) is 66.7 Å². The third-order valence-electron chi connectivity index (χ3n) is 7.24. The SMILES string of the molecule is CCC(C)(Cc1ccc(C(C)(C)CC)cc1C(C)(C)CC)O[PH](O)(O)c1ccccc1. The van der Waals surface area contributed by atoms with Gasteiger partial charge in [-0.2, -0.15) is 0 Å². The molecule has 0 saturated heterocycles. The zero-order valence-corrected chi connectivity index (χ0v) is 21.7. The van der Waals surface area contributed by atoms with Gasteiger partial charge in [0, 0.05) is 0 Å². The molecular weight excluding hydrogens is 403 g/mol. The van der Waals surface area contributed by atoms with Crippen LogP contribution >= 0.6 is 7.94 Å². The van der Waals surface area contributed by atoms with Gasteiger partial charge >= 0.3 is 190 Å². The molecule has 0 bridgehead atoms. The first-order chi connectivity index (χ1) is 14.3. The summed E-state index contributed by atoms with van der Waals surface area (Å²) in [5, 5.41) is 0.476. The van der Waals surface area contributed by atoms with Gasteiger partial charge in [0.2, 0.25) is 0 Å². The van der Waals surface area contributed by atoms with Gasteiger partial charge in [0.05, 0.1) is 0 Å². The van der Waals surface area contributed by atoms with Crippen molar-refractivity contribution in [3.63, 3.8) is 0 Å². The van der Waals surface area contributed by atoms with Crippen LogP contribution in [-0.2, 0) is 21.8 Å². The van der Waals surface area contributed by atoms with Gasteiger partial charge in [-0.3, -0.25) is 0 Å². The Hall–Kier alpha value is -1.25. The van der Waals surface area contributed by atoms with Crippen molar-refractivity contribution < 1.29 is 14.3 Å². The van der Waals surface area contributed by atoms with E-state index in [0.717, 1.165) is 12.8 Å². The first-order valence-electron chi connectivity index (χ1n) is 11.6. The molecular formula is C27H43O3P. The fourth-order valence-corrected chi connectivity index (χ4v) is 5.52. The van der Waals surface area contributed by atoms with Gasteiger partial charge < -0.3 is 0 Å². The summed E-state index contributed by atoms with van der Waals surface area (Å²) in [6.07, 6.45) is 3.43. The Morgan fingerprint density at radius 3 is 1.87 bits per heavy atom. The maximum atomic E-state index is 10.9. The quantitative estimate of drug-likeness (QED) is 0.405. The standard InChI is InChI=1S/C27H43O3P/c1-9-25(4,5)22-18-17-21(24(19-22)26(6,7)10-2)20-27(8,11-3)30-31(28,29)23-15-13-12-14-16-23/h12-19,28-29,31H,9-11,20H2,1-8H3. The van der Waals surface area contributed by atoms with Crippen LogP contribution in [0.15, 0.2) is 48.5 Å². The van der Waals surface area contributed by atoms with Crippen LogP contribution in [0.3, 0.4) is 0 Å². The number of hydrogen-bond acceptors (Lipinski definition) is 3. The second-order valence-corrected chi connectivity index (χ2v) is 12.4. The number of hydrogen-bond donors (Lipinski definition) is 2. The molecule has 0 saturated carbocycles. The topological polar surface area (TPSA) is 49.7 Å². The molecule has 0 aliphatic rings. The molecule has 174 valence electrons. The van der Waals surface area contributed by atoms with Gasteiger partial charge in [0.15, 0.2) is 0 Å². The zero-order valence-electron chi connectivity index (χ0n) is 20.7. The Kier molecular flexibility index (Phi) is 8.15. The second kappa shape index (κ2) is 9.71. The molecule has 1 unspecified atom stereocenters. The monoisotopic (exact) mass is 446 g/mol. The minimum atomic E-state index is -4.01. The van der Waals surface area contributed by atoms with Crippen LogP contribution in [0, 0.1) is 0 Å². The van der Waals surface area contributed by atoms with Crippen molar-refractivity contribution >= 4 is 13.2 Å². The Balaban J connectivity index is 2.46. The van der Waals surface area contributed by atoms with E-state index < -0.39 is 13.5 Å². The molecule has 0 aromatic heterocycles. The summed E-state index contributed by atoms with van der Waals surface area (Å²) >= 11 is 0. The molecule has 0 spiro atoms. The molecule has 0 heterocycles. The summed E-state index contributed by atoms with van der Waals surface area (Å²) in [5.41, 5.74) is 3.38. The summed E-state index contributed by atoms with van der Waals surface area (Å²) in [7, 11) is -4.01. The Morgan fingerprint density at radius 1 is 0.774 bits per heavy atom. The number of rotatable bonds is 10. The Morgan fingerprint density at radius 2 is 1.35 bits per heavy atom. The predicted molar refractivity (Wildman–Crippen MR) is 135 cm³/mol. The van der Waals surface area contributed by atoms with E-state index in [4.69, 9.17) is 4.52 Å². The van der Waals surface area contributed by atoms with E-state index in [-0.39, 0.29) is 10.8 Å². The zero-order chi connectivity index (χ0) is 23.5. The van der Waals surface area contributed by atoms with Crippen molar-refractivity contribution in [1.29, 1.82) is 0 Å². The molecule has 0 radical (unpaired) electrons. The summed E-state index contributed by atoms with van der Waals surface area (Å²) in [5.74, 6) is 0. The van der Waals surface area contributed by atoms with E-state index >= 15 is 0 Å².